The van der Waals surface area contributed by atoms with Crippen LogP contribution in [0.3, 0.4) is 0 Å². The van der Waals surface area contributed by atoms with Crippen LogP contribution in [0.4, 0.5) is 5.69 Å². The minimum absolute atomic E-state index is 0.581. The molecule has 2 aromatic rings. The molecular formula is C12H8Cl2N2S. The Morgan fingerprint density at radius 2 is 2.06 bits per heavy atom. The molecule has 5 heteroatoms. The first-order valence-corrected chi connectivity index (χ1v) is 6.49. The van der Waals surface area contributed by atoms with Crippen molar-refractivity contribution in [1.82, 2.24) is 0 Å². The van der Waals surface area contributed by atoms with E-state index in [1.54, 1.807) is 29.5 Å². The van der Waals surface area contributed by atoms with Gasteiger partial charge >= 0.3 is 0 Å². The summed E-state index contributed by atoms with van der Waals surface area (Å²) < 4.78 is 0. The Kier molecular flexibility index (Phi) is 3.90. The molecule has 0 spiro atoms. The third-order valence-electron chi connectivity index (χ3n) is 2.18. The van der Waals surface area contributed by atoms with E-state index in [1.807, 2.05) is 11.4 Å². The molecule has 0 atom stereocenters. The van der Waals surface area contributed by atoms with Gasteiger partial charge in [0.25, 0.3) is 0 Å². The Morgan fingerprint density at radius 3 is 2.71 bits per heavy atom. The molecule has 1 aromatic carbocycles. The molecule has 0 bridgehead atoms. The topological polar surface area (TPSA) is 35.8 Å². The molecule has 1 N–H and O–H groups in total. The summed E-state index contributed by atoms with van der Waals surface area (Å²) in [4.78, 5) is 1.11. The lowest BCUT2D eigenvalue weighted by atomic mass is 10.2. The van der Waals surface area contributed by atoms with E-state index >= 15 is 0 Å². The van der Waals surface area contributed by atoms with Gasteiger partial charge in [0.2, 0.25) is 0 Å². The van der Waals surface area contributed by atoms with Crippen LogP contribution >= 0.6 is 34.5 Å². The van der Waals surface area contributed by atoms with Crippen molar-refractivity contribution in [3.63, 3.8) is 0 Å². The van der Waals surface area contributed by atoms with E-state index in [9.17, 15) is 0 Å². The van der Waals surface area contributed by atoms with Crippen molar-refractivity contribution < 1.29 is 0 Å². The number of anilines is 1. The molecular weight excluding hydrogens is 275 g/mol. The van der Waals surface area contributed by atoms with Crippen LogP contribution in [0.1, 0.15) is 10.4 Å². The summed E-state index contributed by atoms with van der Waals surface area (Å²) in [6.45, 7) is 0.631. The van der Waals surface area contributed by atoms with Crippen LogP contribution in [0.25, 0.3) is 0 Å². The minimum Gasteiger partial charge on any atom is -0.379 e. The van der Waals surface area contributed by atoms with E-state index < -0.39 is 0 Å². The highest BCUT2D eigenvalue weighted by Gasteiger charge is 2.03. The number of halogens is 2. The van der Waals surface area contributed by atoms with Crippen molar-refractivity contribution in [2.24, 2.45) is 0 Å². The Hall–Kier alpha value is -1.21. The molecule has 0 amide bonds. The second-order valence-corrected chi connectivity index (χ2v) is 5.26. The van der Waals surface area contributed by atoms with E-state index in [0.29, 0.717) is 17.1 Å². The number of benzene rings is 1. The van der Waals surface area contributed by atoms with Crippen LogP contribution < -0.4 is 5.32 Å². The Balaban J connectivity index is 2.13. The summed E-state index contributed by atoms with van der Waals surface area (Å²) in [6.07, 6.45) is 0. The molecule has 0 fully saturated rings. The van der Waals surface area contributed by atoms with Gasteiger partial charge in [-0.1, -0.05) is 23.2 Å². The average Bonchev–Trinajstić information content (AvgIpc) is 2.73. The Bertz CT molecular complexity index is 572. The molecule has 2 rings (SSSR count). The summed E-state index contributed by atoms with van der Waals surface area (Å²) >= 11 is 13.3. The molecule has 2 nitrogen and oxygen atoms in total. The summed E-state index contributed by atoms with van der Waals surface area (Å²) in [5.74, 6) is 0. The zero-order valence-corrected chi connectivity index (χ0v) is 11.0. The van der Waals surface area contributed by atoms with Crippen LogP contribution in [-0.4, -0.2) is 0 Å². The lowest BCUT2D eigenvalue weighted by Gasteiger charge is -2.07. The van der Waals surface area contributed by atoms with E-state index in [2.05, 4.69) is 11.4 Å². The maximum absolute atomic E-state index is 8.96. The van der Waals surface area contributed by atoms with Crippen LogP contribution in [0.15, 0.2) is 29.6 Å². The highest BCUT2D eigenvalue weighted by atomic mass is 35.5. The van der Waals surface area contributed by atoms with Crippen LogP contribution in [0, 0.1) is 11.3 Å². The number of hydrogen-bond donors (Lipinski definition) is 1. The summed E-state index contributed by atoms with van der Waals surface area (Å²) in [5.41, 5.74) is 1.32. The number of rotatable bonds is 3. The minimum atomic E-state index is 0.581. The van der Waals surface area contributed by atoms with Crippen LogP contribution in [-0.2, 0) is 6.54 Å². The molecule has 0 unspecified atom stereocenters. The maximum Gasteiger partial charge on any atom is 0.101 e. The number of thiophene rings is 1. The molecule has 0 saturated heterocycles. The first kappa shape index (κ1) is 12.3. The Morgan fingerprint density at radius 1 is 1.24 bits per heavy atom. The average molecular weight is 283 g/mol. The number of hydrogen-bond acceptors (Lipinski definition) is 3. The van der Waals surface area contributed by atoms with Gasteiger partial charge in [0.1, 0.15) is 6.07 Å². The van der Waals surface area contributed by atoms with Crippen molar-refractivity contribution in [3.8, 4) is 6.07 Å². The van der Waals surface area contributed by atoms with E-state index in [-0.39, 0.29) is 0 Å². The zero-order chi connectivity index (χ0) is 12.3. The lowest BCUT2D eigenvalue weighted by molar-refractivity contribution is 1.19. The third kappa shape index (κ3) is 3.13. The van der Waals surface area contributed by atoms with Gasteiger partial charge in [0, 0.05) is 21.8 Å². The number of nitriles is 1. The highest BCUT2D eigenvalue weighted by Crippen LogP contribution is 2.23. The fourth-order valence-electron chi connectivity index (χ4n) is 1.39. The second-order valence-electron chi connectivity index (χ2n) is 3.39. The van der Waals surface area contributed by atoms with Crippen molar-refractivity contribution in [1.29, 1.82) is 5.26 Å². The van der Waals surface area contributed by atoms with Crippen molar-refractivity contribution in [2.45, 2.75) is 6.54 Å². The van der Waals surface area contributed by atoms with Gasteiger partial charge in [-0.05, 0) is 24.3 Å². The van der Waals surface area contributed by atoms with Gasteiger partial charge in [-0.15, -0.1) is 11.3 Å². The molecule has 1 heterocycles. The zero-order valence-electron chi connectivity index (χ0n) is 8.71. The Labute approximate surface area is 113 Å². The van der Waals surface area contributed by atoms with Crippen molar-refractivity contribution >= 4 is 40.2 Å². The number of nitrogens with one attached hydrogen (secondary N) is 1. The first-order chi connectivity index (χ1) is 8.19. The molecule has 86 valence electrons. The first-order valence-electron chi connectivity index (χ1n) is 4.85. The second kappa shape index (κ2) is 5.42. The maximum atomic E-state index is 8.96. The monoisotopic (exact) mass is 282 g/mol. The van der Waals surface area contributed by atoms with Gasteiger partial charge in [0.05, 0.1) is 16.3 Å². The van der Waals surface area contributed by atoms with Gasteiger partial charge < -0.3 is 5.32 Å². The molecule has 1 aromatic heterocycles. The van der Waals surface area contributed by atoms with Crippen LogP contribution in [0.5, 0.6) is 0 Å². The van der Waals surface area contributed by atoms with E-state index in [1.165, 1.54) is 0 Å². The van der Waals surface area contributed by atoms with Crippen LogP contribution in [0.2, 0.25) is 10.0 Å². The summed E-state index contributed by atoms with van der Waals surface area (Å²) in [7, 11) is 0. The third-order valence-corrected chi connectivity index (χ3v) is 3.70. The fraction of sp³-hybridized carbons (Fsp3) is 0.0833. The molecule has 0 aliphatic carbocycles. The van der Waals surface area contributed by atoms with E-state index in [0.717, 1.165) is 15.6 Å². The predicted octanol–water partition coefficient (Wildman–Crippen LogP) is 4.54. The molecule has 0 radical (unpaired) electrons. The SMILES string of the molecule is N#Cc1ccc(Cl)cc1NCc1cc(Cl)cs1. The predicted molar refractivity (Wildman–Crippen MR) is 72.8 cm³/mol. The van der Waals surface area contributed by atoms with Gasteiger partial charge in [-0.25, -0.2) is 0 Å². The fourth-order valence-corrected chi connectivity index (χ4v) is 2.57. The van der Waals surface area contributed by atoms with Gasteiger partial charge in [-0.3, -0.25) is 0 Å². The largest absolute Gasteiger partial charge is 0.379 e. The van der Waals surface area contributed by atoms with Gasteiger partial charge in [0.15, 0.2) is 0 Å². The summed E-state index contributed by atoms with van der Waals surface area (Å²) in [5, 5.41) is 15.4. The summed E-state index contributed by atoms with van der Waals surface area (Å²) in [6, 6.07) is 9.17. The van der Waals surface area contributed by atoms with E-state index in [4.69, 9.17) is 28.5 Å². The normalized spacial score (nSPS) is 9.94. The quantitative estimate of drug-likeness (QED) is 0.897. The highest BCUT2D eigenvalue weighted by molar-refractivity contribution is 7.10. The molecule has 0 saturated carbocycles. The van der Waals surface area contributed by atoms with Gasteiger partial charge in [-0.2, -0.15) is 5.26 Å². The molecule has 0 aliphatic heterocycles. The molecule has 0 aliphatic rings. The smallest absolute Gasteiger partial charge is 0.101 e. The van der Waals surface area contributed by atoms with Crippen molar-refractivity contribution in [2.75, 3.05) is 5.32 Å². The number of nitrogens with zero attached hydrogens (tertiary/aromatic N) is 1. The molecule has 17 heavy (non-hydrogen) atoms. The lowest BCUT2D eigenvalue weighted by Crippen LogP contribution is -1.99. The van der Waals surface area contributed by atoms with Crippen molar-refractivity contribution in [3.05, 3.63) is 50.1 Å². The standard InChI is InChI=1S/C12H8Cl2N2S/c13-9-2-1-8(5-15)12(4-9)16-6-11-3-10(14)7-17-11/h1-4,7,16H,6H2.